The minimum atomic E-state index is -1.02. The van der Waals surface area contributed by atoms with E-state index in [4.69, 9.17) is 0 Å². The molecule has 0 bridgehead atoms. The van der Waals surface area contributed by atoms with Gasteiger partial charge < -0.3 is 10.2 Å². The van der Waals surface area contributed by atoms with E-state index >= 15 is 0 Å². The van der Waals surface area contributed by atoms with Crippen LogP contribution in [0.2, 0.25) is 0 Å². The Morgan fingerprint density at radius 1 is 0.800 bits per heavy atom. The summed E-state index contributed by atoms with van der Waals surface area (Å²) in [7, 11) is 0. The van der Waals surface area contributed by atoms with E-state index in [1.54, 1.807) is 0 Å². The van der Waals surface area contributed by atoms with Crippen LogP contribution in [-0.2, 0) is 0 Å². The molecule has 0 amide bonds. The van der Waals surface area contributed by atoms with E-state index in [9.17, 15) is 19.8 Å². The Kier molecular flexibility index (Phi) is 3.85. The summed E-state index contributed by atoms with van der Waals surface area (Å²) in [4.78, 5) is 31.1. The Bertz CT molecular complexity index is 607. The number of hydrogen-bond donors (Lipinski definition) is 2. The molecule has 2 aromatic heterocycles. The van der Waals surface area contributed by atoms with Crippen molar-refractivity contribution in [3.05, 3.63) is 71.7 Å². The maximum absolute atomic E-state index is 11.8. The largest absolute Gasteiger partial charge is 0.501 e. The molecule has 0 aliphatic rings. The van der Waals surface area contributed by atoms with Gasteiger partial charge in [0.25, 0.3) is 0 Å². The van der Waals surface area contributed by atoms with Gasteiger partial charge in [-0.3, -0.25) is 19.6 Å². The number of aliphatic hydroxyl groups is 2. The third-order valence-electron chi connectivity index (χ3n) is 2.50. The highest BCUT2D eigenvalue weighted by Gasteiger charge is 2.22. The second-order valence-electron chi connectivity index (χ2n) is 3.84. The number of ketones is 2. The summed E-state index contributed by atoms with van der Waals surface area (Å²) >= 11 is 0. The number of aliphatic hydroxyl groups excluding tert-OH is 2. The topological polar surface area (TPSA) is 100 Å². The molecule has 0 aliphatic heterocycles. The molecule has 2 aromatic rings. The Hall–Kier alpha value is -3.02. The molecule has 0 fully saturated rings. The molecule has 20 heavy (non-hydrogen) atoms. The summed E-state index contributed by atoms with van der Waals surface area (Å²) in [5, 5.41) is 19.4. The van der Waals surface area contributed by atoms with Crippen molar-refractivity contribution in [1.29, 1.82) is 0 Å². The molecule has 0 unspecified atom stereocenters. The van der Waals surface area contributed by atoms with Gasteiger partial charge in [0.1, 0.15) is 0 Å². The van der Waals surface area contributed by atoms with E-state index in [1.165, 1.54) is 49.1 Å². The molecule has 0 spiro atoms. The molecule has 2 rings (SSSR count). The number of aromatic nitrogens is 2. The Morgan fingerprint density at radius 2 is 1.20 bits per heavy atom. The number of Topliss-reactive ketones (excluding diaryl/α,β-unsaturated/α-hetero) is 2. The highest BCUT2D eigenvalue weighted by atomic mass is 16.3. The van der Waals surface area contributed by atoms with E-state index in [2.05, 4.69) is 9.97 Å². The van der Waals surface area contributed by atoms with E-state index < -0.39 is 23.1 Å². The first-order valence-electron chi connectivity index (χ1n) is 5.63. The summed E-state index contributed by atoms with van der Waals surface area (Å²) in [5.74, 6) is -3.81. The lowest BCUT2D eigenvalue weighted by Crippen LogP contribution is -2.13. The molecular weight excluding hydrogens is 260 g/mol. The van der Waals surface area contributed by atoms with Crippen molar-refractivity contribution in [2.24, 2.45) is 0 Å². The first-order chi connectivity index (χ1) is 9.61. The molecular formula is C14H10N2O4. The standard InChI is InChI=1S/C14H10N2O4/c17-11(9-3-1-5-15-7-9)13(19)14(20)12(18)10-4-2-6-16-8-10/h1-8,19-20H/b14-13+. The minimum Gasteiger partial charge on any atom is -0.501 e. The quantitative estimate of drug-likeness (QED) is 0.499. The Labute approximate surface area is 114 Å². The van der Waals surface area contributed by atoms with Crippen LogP contribution in [0.5, 0.6) is 0 Å². The van der Waals surface area contributed by atoms with Crippen molar-refractivity contribution in [2.75, 3.05) is 0 Å². The molecule has 6 heteroatoms. The van der Waals surface area contributed by atoms with Crippen LogP contribution in [0.4, 0.5) is 0 Å². The predicted octanol–water partition coefficient (Wildman–Crippen LogP) is 1.87. The van der Waals surface area contributed by atoms with Crippen molar-refractivity contribution in [3.8, 4) is 0 Å². The second kappa shape index (κ2) is 5.75. The summed E-state index contributed by atoms with van der Waals surface area (Å²) in [6.45, 7) is 0. The first-order valence-corrected chi connectivity index (χ1v) is 5.63. The van der Waals surface area contributed by atoms with E-state index in [0.717, 1.165) is 0 Å². The van der Waals surface area contributed by atoms with Crippen LogP contribution in [0.15, 0.2) is 60.6 Å². The number of hydrogen-bond acceptors (Lipinski definition) is 6. The monoisotopic (exact) mass is 270 g/mol. The van der Waals surface area contributed by atoms with Crippen molar-refractivity contribution in [1.82, 2.24) is 9.97 Å². The van der Waals surface area contributed by atoms with Crippen LogP contribution in [-0.4, -0.2) is 31.7 Å². The van der Waals surface area contributed by atoms with Crippen molar-refractivity contribution >= 4 is 11.6 Å². The van der Waals surface area contributed by atoms with Crippen LogP contribution in [0.25, 0.3) is 0 Å². The van der Waals surface area contributed by atoms with Crippen molar-refractivity contribution < 1.29 is 19.8 Å². The van der Waals surface area contributed by atoms with Crippen LogP contribution >= 0.6 is 0 Å². The Balaban J connectivity index is 2.32. The van der Waals surface area contributed by atoms with Gasteiger partial charge in [0, 0.05) is 35.9 Å². The number of nitrogens with zero attached hydrogens (tertiary/aromatic N) is 2. The fourth-order valence-electron chi connectivity index (χ4n) is 1.48. The molecule has 100 valence electrons. The van der Waals surface area contributed by atoms with E-state index in [0.29, 0.717) is 0 Å². The number of carbonyl (C=O) groups excluding carboxylic acids is 2. The van der Waals surface area contributed by atoms with Gasteiger partial charge in [-0.15, -0.1) is 0 Å². The fraction of sp³-hybridized carbons (Fsp3) is 0. The minimum absolute atomic E-state index is 0.0653. The molecule has 0 radical (unpaired) electrons. The smallest absolute Gasteiger partial charge is 0.232 e. The van der Waals surface area contributed by atoms with Crippen LogP contribution in [0.3, 0.4) is 0 Å². The lowest BCUT2D eigenvalue weighted by atomic mass is 10.1. The zero-order chi connectivity index (χ0) is 14.5. The normalized spacial score (nSPS) is 11.6. The fourth-order valence-corrected chi connectivity index (χ4v) is 1.48. The second-order valence-corrected chi connectivity index (χ2v) is 3.84. The number of allylic oxidation sites excluding steroid dienone is 2. The molecule has 0 atom stereocenters. The van der Waals surface area contributed by atoms with Gasteiger partial charge in [0.2, 0.25) is 23.1 Å². The average molecular weight is 270 g/mol. The molecule has 0 saturated carbocycles. The number of rotatable bonds is 4. The van der Waals surface area contributed by atoms with Crippen LogP contribution in [0, 0.1) is 0 Å². The van der Waals surface area contributed by atoms with Gasteiger partial charge in [-0.25, -0.2) is 0 Å². The summed E-state index contributed by atoms with van der Waals surface area (Å²) < 4.78 is 0. The highest BCUT2D eigenvalue weighted by molar-refractivity contribution is 6.15. The van der Waals surface area contributed by atoms with Gasteiger partial charge in [-0.2, -0.15) is 0 Å². The zero-order valence-corrected chi connectivity index (χ0v) is 10.2. The molecule has 2 heterocycles. The third kappa shape index (κ3) is 2.69. The summed E-state index contributed by atoms with van der Waals surface area (Å²) in [6.07, 6.45) is 5.36. The van der Waals surface area contributed by atoms with Crippen LogP contribution in [0.1, 0.15) is 20.7 Å². The lowest BCUT2D eigenvalue weighted by Gasteiger charge is -2.03. The van der Waals surface area contributed by atoms with Gasteiger partial charge in [0.15, 0.2) is 0 Å². The lowest BCUT2D eigenvalue weighted by molar-refractivity contribution is 0.0907. The number of pyridine rings is 2. The maximum Gasteiger partial charge on any atom is 0.232 e. The van der Waals surface area contributed by atoms with Crippen molar-refractivity contribution in [2.45, 2.75) is 0 Å². The SMILES string of the molecule is O=C(/C(O)=C(\O)C(=O)c1cccnc1)c1cccnc1. The molecule has 0 aromatic carbocycles. The first kappa shape index (κ1) is 13.4. The van der Waals surface area contributed by atoms with Crippen molar-refractivity contribution in [3.63, 3.8) is 0 Å². The molecule has 6 nitrogen and oxygen atoms in total. The van der Waals surface area contributed by atoms with Gasteiger partial charge in [0.05, 0.1) is 0 Å². The van der Waals surface area contributed by atoms with E-state index in [-0.39, 0.29) is 11.1 Å². The summed E-state index contributed by atoms with van der Waals surface area (Å²) in [5.41, 5.74) is 0.131. The molecule has 0 aliphatic carbocycles. The highest BCUT2D eigenvalue weighted by Crippen LogP contribution is 2.12. The molecule has 0 saturated heterocycles. The third-order valence-corrected chi connectivity index (χ3v) is 2.50. The predicted molar refractivity (Wildman–Crippen MR) is 69.4 cm³/mol. The summed E-state index contributed by atoms with van der Waals surface area (Å²) in [6, 6.07) is 5.82. The van der Waals surface area contributed by atoms with E-state index in [1.807, 2.05) is 0 Å². The van der Waals surface area contributed by atoms with Gasteiger partial charge in [-0.05, 0) is 24.3 Å². The van der Waals surface area contributed by atoms with Crippen LogP contribution < -0.4 is 0 Å². The number of carbonyl (C=O) groups is 2. The van der Waals surface area contributed by atoms with Gasteiger partial charge in [-0.1, -0.05) is 0 Å². The average Bonchev–Trinajstić information content (AvgIpc) is 2.53. The zero-order valence-electron chi connectivity index (χ0n) is 10.2. The van der Waals surface area contributed by atoms with Gasteiger partial charge >= 0.3 is 0 Å². The Morgan fingerprint density at radius 3 is 1.50 bits per heavy atom. The molecule has 2 N–H and O–H groups in total. The maximum atomic E-state index is 11.8.